The Morgan fingerprint density at radius 1 is 1.35 bits per heavy atom. The molecule has 1 aliphatic heterocycles. The number of benzene rings is 1. The van der Waals surface area contributed by atoms with E-state index in [1.165, 1.54) is 0 Å². The van der Waals surface area contributed by atoms with Gasteiger partial charge in [-0.05, 0) is 12.1 Å². The van der Waals surface area contributed by atoms with E-state index in [1.807, 2.05) is 35.2 Å². The first kappa shape index (κ1) is 11.6. The van der Waals surface area contributed by atoms with E-state index in [2.05, 4.69) is 10.6 Å². The zero-order chi connectivity index (χ0) is 12.1. The summed E-state index contributed by atoms with van der Waals surface area (Å²) >= 11 is 0. The monoisotopic (exact) mass is 233 g/mol. The van der Waals surface area contributed by atoms with Crippen molar-refractivity contribution in [1.82, 2.24) is 10.2 Å². The first-order chi connectivity index (χ1) is 8.24. The second-order valence-corrected chi connectivity index (χ2v) is 3.97. The molecule has 1 fully saturated rings. The number of rotatable bonds is 3. The van der Waals surface area contributed by atoms with Crippen LogP contribution in [0.4, 0.5) is 5.69 Å². The predicted molar refractivity (Wildman–Crippen MR) is 64.5 cm³/mol. The molecular formula is C12H15N3O2. The van der Waals surface area contributed by atoms with E-state index >= 15 is 0 Å². The molecule has 0 atom stereocenters. The van der Waals surface area contributed by atoms with E-state index in [-0.39, 0.29) is 18.4 Å². The largest absolute Gasteiger partial charge is 0.354 e. The molecule has 0 aromatic heterocycles. The zero-order valence-electron chi connectivity index (χ0n) is 9.48. The van der Waals surface area contributed by atoms with Crippen LogP contribution in [-0.2, 0) is 9.59 Å². The van der Waals surface area contributed by atoms with Crippen LogP contribution in [-0.4, -0.2) is 42.9 Å². The summed E-state index contributed by atoms with van der Waals surface area (Å²) in [5.74, 6) is -0.116. The molecule has 0 saturated carbocycles. The third kappa shape index (κ3) is 3.57. The number of nitrogens with one attached hydrogen (secondary N) is 2. The average Bonchev–Trinajstić information content (AvgIpc) is 2.30. The molecule has 1 aromatic rings. The van der Waals surface area contributed by atoms with Gasteiger partial charge in [-0.15, -0.1) is 0 Å². The fourth-order valence-corrected chi connectivity index (χ4v) is 1.75. The van der Waals surface area contributed by atoms with Gasteiger partial charge in [0.1, 0.15) is 0 Å². The van der Waals surface area contributed by atoms with Gasteiger partial charge in [0, 0.05) is 18.8 Å². The minimum absolute atomic E-state index is 0.0243. The minimum atomic E-state index is -0.0918. The molecule has 1 saturated heterocycles. The van der Waals surface area contributed by atoms with Crippen molar-refractivity contribution >= 4 is 17.5 Å². The smallest absolute Gasteiger partial charge is 0.238 e. The normalized spacial score (nSPS) is 16.4. The summed E-state index contributed by atoms with van der Waals surface area (Å²) in [5.41, 5.74) is 0.777. The van der Waals surface area contributed by atoms with Gasteiger partial charge in [-0.2, -0.15) is 0 Å². The van der Waals surface area contributed by atoms with Gasteiger partial charge >= 0.3 is 0 Å². The average molecular weight is 233 g/mol. The summed E-state index contributed by atoms with van der Waals surface area (Å²) in [5, 5.41) is 5.51. The summed E-state index contributed by atoms with van der Waals surface area (Å²) < 4.78 is 0. The van der Waals surface area contributed by atoms with E-state index in [1.54, 1.807) is 0 Å². The third-order valence-electron chi connectivity index (χ3n) is 2.54. The Bertz CT molecular complexity index is 405. The number of anilines is 1. The summed E-state index contributed by atoms with van der Waals surface area (Å²) in [7, 11) is 0. The van der Waals surface area contributed by atoms with E-state index in [0.717, 1.165) is 5.69 Å². The molecule has 90 valence electrons. The number of hydrogen-bond acceptors (Lipinski definition) is 3. The van der Waals surface area contributed by atoms with Crippen molar-refractivity contribution in [2.45, 2.75) is 0 Å². The first-order valence-corrected chi connectivity index (χ1v) is 5.58. The number of amides is 2. The molecule has 1 aliphatic rings. The van der Waals surface area contributed by atoms with E-state index < -0.39 is 0 Å². The lowest BCUT2D eigenvalue weighted by molar-refractivity contribution is -0.125. The van der Waals surface area contributed by atoms with Crippen LogP contribution >= 0.6 is 0 Å². The number of hydrogen-bond donors (Lipinski definition) is 2. The standard InChI is InChI=1S/C12H15N3O2/c16-11-8-15(7-6-13-11)9-12(17)14-10-4-2-1-3-5-10/h1-5H,6-9H2,(H,13,16)(H,14,17). The van der Waals surface area contributed by atoms with Gasteiger partial charge in [0.05, 0.1) is 13.1 Å². The molecule has 2 N–H and O–H groups in total. The third-order valence-corrected chi connectivity index (χ3v) is 2.54. The highest BCUT2D eigenvalue weighted by molar-refractivity contribution is 5.92. The molecule has 0 radical (unpaired) electrons. The molecule has 0 bridgehead atoms. The predicted octanol–water partition coefficient (Wildman–Crippen LogP) is 0.0569. The first-order valence-electron chi connectivity index (χ1n) is 5.58. The molecule has 1 aromatic carbocycles. The molecular weight excluding hydrogens is 218 g/mol. The molecule has 1 heterocycles. The second kappa shape index (κ2) is 5.45. The summed E-state index contributed by atoms with van der Waals surface area (Å²) in [6, 6.07) is 9.29. The Labute approximate surface area is 99.8 Å². The van der Waals surface area contributed by atoms with Gasteiger partial charge in [-0.3, -0.25) is 14.5 Å². The molecule has 0 unspecified atom stereocenters. The Kier molecular flexibility index (Phi) is 3.72. The number of nitrogens with zero attached hydrogens (tertiary/aromatic N) is 1. The highest BCUT2D eigenvalue weighted by atomic mass is 16.2. The molecule has 2 rings (SSSR count). The van der Waals surface area contributed by atoms with Crippen LogP contribution in [0.2, 0.25) is 0 Å². The lowest BCUT2D eigenvalue weighted by atomic mass is 10.3. The molecule has 5 nitrogen and oxygen atoms in total. The maximum Gasteiger partial charge on any atom is 0.238 e. The van der Waals surface area contributed by atoms with Gasteiger partial charge in [0.2, 0.25) is 11.8 Å². The van der Waals surface area contributed by atoms with E-state index in [4.69, 9.17) is 0 Å². The SMILES string of the molecule is O=C1CN(CC(=O)Nc2ccccc2)CCN1. The van der Waals surface area contributed by atoms with Gasteiger partial charge in [-0.25, -0.2) is 0 Å². The van der Waals surface area contributed by atoms with Crippen molar-refractivity contribution in [3.8, 4) is 0 Å². The summed E-state index contributed by atoms with van der Waals surface area (Å²) in [6.07, 6.45) is 0. The van der Waals surface area contributed by atoms with Crippen molar-refractivity contribution in [2.75, 3.05) is 31.5 Å². The van der Waals surface area contributed by atoms with Crippen molar-refractivity contribution < 1.29 is 9.59 Å². The fraction of sp³-hybridized carbons (Fsp3) is 0.333. The number of para-hydroxylation sites is 1. The number of carbonyl (C=O) groups excluding carboxylic acids is 2. The lowest BCUT2D eigenvalue weighted by Crippen LogP contribution is -2.49. The molecule has 17 heavy (non-hydrogen) atoms. The fourth-order valence-electron chi connectivity index (χ4n) is 1.75. The van der Waals surface area contributed by atoms with Crippen molar-refractivity contribution in [1.29, 1.82) is 0 Å². The maximum atomic E-state index is 11.7. The van der Waals surface area contributed by atoms with E-state index in [0.29, 0.717) is 19.6 Å². The van der Waals surface area contributed by atoms with Crippen LogP contribution in [0.25, 0.3) is 0 Å². The Morgan fingerprint density at radius 2 is 2.12 bits per heavy atom. The van der Waals surface area contributed by atoms with Crippen molar-refractivity contribution in [3.05, 3.63) is 30.3 Å². The van der Waals surface area contributed by atoms with Crippen LogP contribution < -0.4 is 10.6 Å². The van der Waals surface area contributed by atoms with Crippen molar-refractivity contribution in [2.24, 2.45) is 0 Å². The van der Waals surface area contributed by atoms with Gasteiger partial charge in [-0.1, -0.05) is 18.2 Å². The van der Waals surface area contributed by atoms with Crippen LogP contribution in [0.15, 0.2) is 30.3 Å². The maximum absolute atomic E-state index is 11.7. The lowest BCUT2D eigenvalue weighted by Gasteiger charge is -2.25. The van der Waals surface area contributed by atoms with Crippen LogP contribution in [0.5, 0.6) is 0 Å². The van der Waals surface area contributed by atoms with Gasteiger partial charge < -0.3 is 10.6 Å². The molecule has 2 amide bonds. The van der Waals surface area contributed by atoms with Crippen LogP contribution in [0.1, 0.15) is 0 Å². The van der Waals surface area contributed by atoms with Crippen LogP contribution in [0.3, 0.4) is 0 Å². The Morgan fingerprint density at radius 3 is 2.82 bits per heavy atom. The zero-order valence-corrected chi connectivity index (χ0v) is 9.48. The van der Waals surface area contributed by atoms with Crippen molar-refractivity contribution in [3.63, 3.8) is 0 Å². The Balaban J connectivity index is 1.83. The number of piperazine rings is 1. The van der Waals surface area contributed by atoms with E-state index in [9.17, 15) is 9.59 Å². The quantitative estimate of drug-likeness (QED) is 0.776. The Hall–Kier alpha value is -1.88. The molecule has 0 aliphatic carbocycles. The topological polar surface area (TPSA) is 61.4 Å². The highest BCUT2D eigenvalue weighted by Crippen LogP contribution is 2.05. The second-order valence-electron chi connectivity index (χ2n) is 3.97. The van der Waals surface area contributed by atoms with Gasteiger partial charge in [0.25, 0.3) is 0 Å². The summed E-state index contributed by atoms with van der Waals surface area (Å²) in [4.78, 5) is 24.7. The highest BCUT2D eigenvalue weighted by Gasteiger charge is 2.18. The molecule has 0 spiro atoms. The van der Waals surface area contributed by atoms with Gasteiger partial charge in [0.15, 0.2) is 0 Å². The number of carbonyl (C=O) groups is 2. The molecule has 5 heteroatoms. The summed E-state index contributed by atoms with van der Waals surface area (Å²) in [6.45, 7) is 1.87. The van der Waals surface area contributed by atoms with Crippen LogP contribution in [0, 0.1) is 0 Å². The minimum Gasteiger partial charge on any atom is -0.354 e.